The number of fused-ring (bicyclic) bond motifs is 1. The van der Waals surface area contributed by atoms with Gasteiger partial charge in [0, 0.05) is 5.56 Å². The van der Waals surface area contributed by atoms with Crippen LogP contribution in [-0.2, 0) is 4.79 Å². The van der Waals surface area contributed by atoms with Gasteiger partial charge in [-0.1, -0.05) is 0 Å². The van der Waals surface area contributed by atoms with Crippen LogP contribution >= 0.6 is 0 Å². The topological polar surface area (TPSA) is 84.9 Å². The maximum absolute atomic E-state index is 12.2. The molecule has 1 aliphatic heterocycles. The molecule has 6 heteroatoms. The monoisotopic (exact) mass is 277 g/mol. The Hall–Kier alpha value is -2.24. The number of hydrogen-bond acceptors (Lipinski definition) is 4. The standard InChI is InChI=1S/C14H15NO5/c16-12(15-14(13(17)18)4-1-5-14)9-2-3-10-11(8-9)20-7-6-19-10/h2-3,8H,1,4-7H2,(H,15,16)(H,17,18). The predicted octanol–water partition coefficient (Wildman–Crippen LogP) is 1.19. The Morgan fingerprint density at radius 3 is 2.45 bits per heavy atom. The summed E-state index contributed by atoms with van der Waals surface area (Å²) >= 11 is 0. The van der Waals surface area contributed by atoms with Crippen molar-refractivity contribution < 1.29 is 24.2 Å². The zero-order chi connectivity index (χ0) is 14.2. The number of carbonyl (C=O) groups is 2. The molecule has 1 amide bonds. The van der Waals surface area contributed by atoms with E-state index in [9.17, 15) is 14.7 Å². The first-order chi connectivity index (χ1) is 9.61. The number of carboxylic acid groups (broad SMARTS) is 1. The van der Waals surface area contributed by atoms with E-state index in [0.29, 0.717) is 43.1 Å². The van der Waals surface area contributed by atoms with Crippen LogP contribution in [0, 0.1) is 0 Å². The van der Waals surface area contributed by atoms with Gasteiger partial charge < -0.3 is 19.9 Å². The number of benzene rings is 1. The summed E-state index contributed by atoms with van der Waals surface area (Å²) in [4.78, 5) is 23.4. The minimum Gasteiger partial charge on any atom is -0.486 e. The summed E-state index contributed by atoms with van der Waals surface area (Å²) in [6.45, 7) is 0.928. The second-order valence-electron chi connectivity index (χ2n) is 5.05. The highest BCUT2D eigenvalue weighted by Gasteiger charge is 2.45. The zero-order valence-electron chi connectivity index (χ0n) is 10.8. The number of hydrogen-bond donors (Lipinski definition) is 2. The summed E-state index contributed by atoms with van der Waals surface area (Å²) < 4.78 is 10.8. The molecule has 0 spiro atoms. The van der Waals surface area contributed by atoms with E-state index < -0.39 is 17.4 Å². The third-order valence-corrected chi connectivity index (χ3v) is 3.77. The third kappa shape index (κ3) is 2.07. The van der Waals surface area contributed by atoms with E-state index in [0.717, 1.165) is 6.42 Å². The maximum atomic E-state index is 12.2. The zero-order valence-corrected chi connectivity index (χ0v) is 10.8. The van der Waals surface area contributed by atoms with Crippen molar-refractivity contribution >= 4 is 11.9 Å². The Bertz CT molecular complexity index is 565. The van der Waals surface area contributed by atoms with Crippen molar-refractivity contribution in [1.82, 2.24) is 5.32 Å². The third-order valence-electron chi connectivity index (χ3n) is 3.77. The largest absolute Gasteiger partial charge is 0.486 e. The molecule has 2 aliphatic rings. The van der Waals surface area contributed by atoms with E-state index in [-0.39, 0.29) is 0 Å². The van der Waals surface area contributed by atoms with E-state index in [2.05, 4.69) is 5.32 Å². The molecule has 106 valence electrons. The summed E-state index contributed by atoms with van der Waals surface area (Å²) in [5.41, 5.74) is -0.730. The van der Waals surface area contributed by atoms with Crippen molar-refractivity contribution in [1.29, 1.82) is 0 Å². The second-order valence-corrected chi connectivity index (χ2v) is 5.05. The van der Waals surface area contributed by atoms with Gasteiger partial charge in [0.15, 0.2) is 11.5 Å². The predicted molar refractivity (Wildman–Crippen MR) is 69.1 cm³/mol. The molecule has 3 rings (SSSR count). The van der Waals surface area contributed by atoms with E-state index in [4.69, 9.17) is 9.47 Å². The molecular formula is C14H15NO5. The molecule has 1 saturated carbocycles. The van der Waals surface area contributed by atoms with E-state index in [1.54, 1.807) is 18.2 Å². The normalized spacial score (nSPS) is 18.8. The van der Waals surface area contributed by atoms with Crippen molar-refractivity contribution in [3.05, 3.63) is 23.8 Å². The Morgan fingerprint density at radius 2 is 1.85 bits per heavy atom. The van der Waals surface area contributed by atoms with E-state index in [1.807, 2.05) is 0 Å². The first kappa shape index (κ1) is 12.8. The summed E-state index contributed by atoms with van der Waals surface area (Å²) in [5, 5.41) is 11.8. The van der Waals surface area contributed by atoms with Crippen LogP contribution in [0.4, 0.5) is 0 Å². The molecular weight excluding hydrogens is 262 g/mol. The van der Waals surface area contributed by atoms with Gasteiger partial charge in [-0.25, -0.2) is 4.79 Å². The molecule has 20 heavy (non-hydrogen) atoms. The van der Waals surface area contributed by atoms with Crippen LogP contribution < -0.4 is 14.8 Å². The molecule has 1 aromatic carbocycles. The number of nitrogens with one attached hydrogen (secondary N) is 1. The molecule has 1 aliphatic carbocycles. The highest BCUT2D eigenvalue weighted by Crippen LogP contribution is 2.34. The summed E-state index contributed by atoms with van der Waals surface area (Å²) in [5.74, 6) is -0.259. The molecule has 1 aromatic rings. The fourth-order valence-electron chi connectivity index (χ4n) is 2.40. The molecule has 0 saturated heterocycles. The van der Waals surface area contributed by atoms with E-state index >= 15 is 0 Å². The minimum absolute atomic E-state index is 0.377. The van der Waals surface area contributed by atoms with Crippen LogP contribution in [0.1, 0.15) is 29.6 Å². The SMILES string of the molecule is O=C(NC1(C(=O)O)CCC1)c1ccc2c(c1)OCCO2. The molecule has 0 unspecified atom stereocenters. The van der Waals surface area contributed by atoms with Crippen molar-refractivity contribution in [2.45, 2.75) is 24.8 Å². The lowest BCUT2D eigenvalue weighted by Crippen LogP contribution is -2.59. The first-order valence-electron chi connectivity index (χ1n) is 6.56. The van der Waals surface area contributed by atoms with Crippen LogP contribution in [0.2, 0.25) is 0 Å². The van der Waals surface area contributed by atoms with Gasteiger partial charge in [0.2, 0.25) is 0 Å². The van der Waals surface area contributed by atoms with Crippen LogP contribution in [0.3, 0.4) is 0 Å². The van der Waals surface area contributed by atoms with Gasteiger partial charge in [0.1, 0.15) is 18.8 Å². The molecule has 2 N–H and O–H groups in total. The molecule has 0 atom stereocenters. The average molecular weight is 277 g/mol. The molecule has 0 bridgehead atoms. The van der Waals surface area contributed by atoms with Crippen molar-refractivity contribution in [2.24, 2.45) is 0 Å². The van der Waals surface area contributed by atoms with E-state index in [1.165, 1.54) is 0 Å². The van der Waals surface area contributed by atoms with Crippen LogP contribution in [0.25, 0.3) is 0 Å². The van der Waals surface area contributed by atoms with Gasteiger partial charge in [0.05, 0.1) is 0 Å². The lowest BCUT2D eigenvalue weighted by atomic mass is 9.76. The molecule has 6 nitrogen and oxygen atoms in total. The smallest absolute Gasteiger partial charge is 0.329 e. The van der Waals surface area contributed by atoms with Gasteiger partial charge in [-0.05, 0) is 37.5 Å². The first-order valence-corrected chi connectivity index (χ1v) is 6.56. The Balaban J connectivity index is 1.79. The van der Waals surface area contributed by atoms with Gasteiger partial charge in [-0.3, -0.25) is 4.79 Å². The number of aliphatic carboxylic acids is 1. The van der Waals surface area contributed by atoms with Gasteiger partial charge in [0.25, 0.3) is 5.91 Å². The number of amides is 1. The minimum atomic E-state index is -1.11. The Morgan fingerprint density at radius 1 is 1.15 bits per heavy atom. The lowest BCUT2D eigenvalue weighted by Gasteiger charge is -2.38. The fourth-order valence-corrected chi connectivity index (χ4v) is 2.40. The van der Waals surface area contributed by atoms with Crippen molar-refractivity contribution in [3.63, 3.8) is 0 Å². The highest BCUT2D eigenvalue weighted by atomic mass is 16.6. The summed E-state index contributed by atoms with van der Waals surface area (Å²) in [6, 6.07) is 4.85. The van der Waals surface area contributed by atoms with Gasteiger partial charge in [-0.15, -0.1) is 0 Å². The summed E-state index contributed by atoms with van der Waals surface area (Å²) in [6.07, 6.45) is 1.75. The van der Waals surface area contributed by atoms with Crippen LogP contribution in [-0.4, -0.2) is 35.7 Å². The number of ether oxygens (including phenoxy) is 2. The van der Waals surface area contributed by atoms with Crippen molar-refractivity contribution in [2.75, 3.05) is 13.2 Å². The Labute approximate surface area is 115 Å². The second kappa shape index (κ2) is 4.70. The number of carboxylic acids is 1. The van der Waals surface area contributed by atoms with Crippen molar-refractivity contribution in [3.8, 4) is 11.5 Å². The van der Waals surface area contributed by atoms with Crippen LogP contribution in [0.5, 0.6) is 11.5 Å². The molecule has 0 aromatic heterocycles. The van der Waals surface area contributed by atoms with Crippen LogP contribution in [0.15, 0.2) is 18.2 Å². The van der Waals surface area contributed by atoms with Gasteiger partial charge in [-0.2, -0.15) is 0 Å². The molecule has 0 radical (unpaired) electrons. The maximum Gasteiger partial charge on any atom is 0.329 e. The quantitative estimate of drug-likeness (QED) is 0.867. The lowest BCUT2D eigenvalue weighted by molar-refractivity contribution is -0.148. The molecule has 1 fully saturated rings. The summed E-state index contributed by atoms with van der Waals surface area (Å²) in [7, 11) is 0. The number of rotatable bonds is 3. The fraction of sp³-hybridized carbons (Fsp3) is 0.429. The Kier molecular flexibility index (Phi) is 3.00. The van der Waals surface area contributed by atoms with Gasteiger partial charge >= 0.3 is 5.97 Å². The molecule has 1 heterocycles. The average Bonchev–Trinajstić information content (AvgIpc) is 2.41. The number of carbonyl (C=O) groups excluding carboxylic acids is 1. The highest BCUT2D eigenvalue weighted by molar-refractivity contribution is 5.98.